The third kappa shape index (κ3) is 6.14. The number of halogens is 2. The van der Waals surface area contributed by atoms with Gasteiger partial charge in [-0.15, -0.1) is 0 Å². The molecule has 2 aliphatic heterocycles. The number of hydrogen-bond acceptors (Lipinski definition) is 9. The first-order chi connectivity index (χ1) is 22.4. The van der Waals surface area contributed by atoms with Gasteiger partial charge in [-0.05, 0) is 60.7 Å². The van der Waals surface area contributed by atoms with Crippen molar-refractivity contribution in [2.45, 2.75) is 18.4 Å². The number of hydrogen-bond donors (Lipinski definition) is 2. The van der Waals surface area contributed by atoms with E-state index in [4.69, 9.17) is 37.4 Å². The molecule has 2 N–H and O–H groups in total. The molecule has 0 spiro atoms. The Morgan fingerprint density at radius 1 is 0.870 bits per heavy atom. The Morgan fingerprint density at radius 2 is 1.50 bits per heavy atom. The summed E-state index contributed by atoms with van der Waals surface area (Å²) in [7, 11) is 0. The Hall–Kier alpha value is -4.56. The smallest absolute Gasteiger partial charge is 0.348 e. The number of ether oxygens (including phenoxy) is 3. The molecule has 0 radical (unpaired) electrons. The summed E-state index contributed by atoms with van der Waals surface area (Å²) in [4.78, 5) is 32.4. The second kappa shape index (κ2) is 12.7. The van der Waals surface area contributed by atoms with E-state index in [-0.39, 0.29) is 19.3 Å². The lowest BCUT2D eigenvalue weighted by atomic mass is 10.1. The van der Waals surface area contributed by atoms with Gasteiger partial charge in [0.2, 0.25) is 5.79 Å². The molecule has 0 bridgehead atoms. The van der Waals surface area contributed by atoms with Gasteiger partial charge in [-0.1, -0.05) is 29.3 Å². The Bertz CT molecular complexity index is 1870. The molecule has 238 valence electrons. The molecule has 7 rings (SSSR count). The molecule has 13 nitrogen and oxygen atoms in total. The van der Waals surface area contributed by atoms with Gasteiger partial charge in [0.15, 0.2) is 0 Å². The molecular weight excluding hydrogens is 635 g/mol. The van der Waals surface area contributed by atoms with Crippen LogP contribution < -0.4 is 25.9 Å². The van der Waals surface area contributed by atoms with E-state index in [2.05, 4.69) is 42.2 Å². The van der Waals surface area contributed by atoms with Gasteiger partial charge < -0.3 is 24.0 Å². The van der Waals surface area contributed by atoms with Crippen molar-refractivity contribution in [2.24, 2.45) is 0 Å². The monoisotopic (exact) mass is 664 g/mol. The van der Waals surface area contributed by atoms with Crippen LogP contribution in [0.5, 0.6) is 5.75 Å². The summed E-state index contributed by atoms with van der Waals surface area (Å²) < 4.78 is 21.5. The lowest BCUT2D eigenvalue weighted by Gasteiger charge is -2.37. The molecule has 0 saturated carbocycles. The molecule has 5 aromatic rings. The molecule has 2 fully saturated rings. The summed E-state index contributed by atoms with van der Waals surface area (Å²) in [5, 5.41) is 9.77. The van der Waals surface area contributed by atoms with Crippen LogP contribution in [0.2, 0.25) is 10.0 Å². The quantitative estimate of drug-likeness (QED) is 0.243. The van der Waals surface area contributed by atoms with Crippen LogP contribution in [0.1, 0.15) is 5.56 Å². The number of rotatable bonds is 9. The normalized spacial score (nSPS) is 19.9. The molecule has 0 amide bonds. The number of piperazine rings is 1. The fourth-order valence-electron chi connectivity index (χ4n) is 5.81. The first-order valence-electron chi connectivity index (χ1n) is 14.7. The van der Waals surface area contributed by atoms with Crippen LogP contribution in [0.3, 0.4) is 0 Å². The Kier molecular flexibility index (Phi) is 8.30. The lowest BCUT2D eigenvalue weighted by molar-refractivity contribution is -0.190. The second-order valence-electron chi connectivity index (χ2n) is 11.0. The van der Waals surface area contributed by atoms with Gasteiger partial charge in [-0.25, -0.2) is 34.0 Å². The summed E-state index contributed by atoms with van der Waals surface area (Å²) in [6.07, 6.45) is 2.71. The molecule has 4 heterocycles. The Labute approximate surface area is 272 Å². The van der Waals surface area contributed by atoms with E-state index in [1.165, 1.54) is 6.33 Å². The van der Waals surface area contributed by atoms with E-state index in [0.29, 0.717) is 27.9 Å². The molecule has 3 aromatic carbocycles. The van der Waals surface area contributed by atoms with E-state index in [9.17, 15) is 9.59 Å². The van der Waals surface area contributed by atoms with Gasteiger partial charge in [-0.3, -0.25) is 0 Å². The van der Waals surface area contributed by atoms with E-state index >= 15 is 0 Å². The van der Waals surface area contributed by atoms with Crippen molar-refractivity contribution in [3.63, 3.8) is 0 Å². The second-order valence-corrected chi connectivity index (χ2v) is 11.9. The predicted octanol–water partition coefficient (Wildman–Crippen LogP) is 3.43. The topological polar surface area (TPSA) is 136 Å². The number of aromatic nitrogens is 6. The fourth-order valence-corrected chi connectivity index (χ4v) is 6.36. The van der Waals surface area contributed by atoms with E-state index < -0.39 is 17.2 Å². The minimum absolute atomic E-state index is 0.258. The van der Waals surface area contributed by atoms with Gasteiger partial charge in [0.05, 0.1) is 17.3 Å². The average molecular weight is 666 g/mol. The maximum absolute atomic E-state index is 11.9. The highest BCUT2D eigenvalue weighted by atomic mass is 35.5. The number of H-pyrrole nitrogens is 2. The number of aromatic amines is 2. The maximum Gasteiger partial charge on any atom is 0.348 e. The summed E-state index contributed by atoms with van der Waals surface area (Å²) in [6, 6.07) is 20.7. The van der Waals surface area contributed by atoms with Gasteiger partial charge in [0, 0.05) is 48.1 Å². The zero-order valence-electron chi connectivity index (χ0n) is 24.5. The number of nitrogens with zero attached hydrogens (tertiary/aromatic N) is 6. The zero-order chi connectivity index (χ0) is 31.7. The van der Waals surface area contributed by atoms with Crippen molar-refractivity contribution in [3.8, 4) is 11.4 Å². The molecule has 15 heteroatoms. The molecule has 46 heavy (non-hydrogen) atoms. The van der Waals surface area contributed by atoms with Crippen LogP contribution in [0, 0.1) is 0 Å². The van der Waals surface area contributed by atoms with Gasteiger partial charge in [0.25, 0.3) is 0 Å². The molecule has 2 aliphatic rings. The van der Waals surface area contributed by atoms with Gasteiger partial charge in [0.1, 0.15) is 37.7 Å². The van der Waals surface area contributed by atoms with Crippen LogP contribution in [-0.2, 0) is 21.8 Å². The Balaban J connectivity index is 0.938. The number of benzene rings is 3. The van der Waals surface area contributed by atoms with Crippen molar-refractivity contribution < 1.29 is 14.2 Å². The van der Waals surface area contributed by atoms with Crippen LogP contribution in [-0.4, -0.2) is 75.0 Å². The van der Waals surface area contributed by atoms with Gasteiger partial charge in [-0.2, -0.15) is 5.10 Å². The van der Waals surface area contributed by atoms with Crippen molar-refractivity contribution in [1.29, 1.82) is 0 Å². The minimum Gasteiger partial charge on any atom is -0.491 e. The van der Waals surface area contributed by atoms with Crippen molar-refractivity contribution in [2.75, 3.05) is 49.2 Å². The first kappa shape index (κ1) is 30.1. The largest absolute Gasteiger partial charge is 0.491 e. The molecule has 0 aliphatic carbocycles. The highest BCUT2D eigenvalue weighted by molar-refractivity contribution is 6.35. The van der Waals surface area contributed by atoms with Crippen molar-refractivity contribution in [3.05, 3.63) is 116 Å². The summed E-state index contributed by atoms with van der Waals surface area (Å²) in [6.45, 7) is 4.19. The SMILES string of the molecule is O=c1[nH][nH]c(=O)n1-c1ccc(N2CCN(c3ccc(OC[C@@H]4CO[C@@](Cn5cncn5)(c5ccc(Cl)cc5Cl)O4)cc3)CC2)cc1. The Morgan fingerprint density at radius 3 is 2.11 bits per heavy atom. The minimum atomic E-state index is -1.17. The molecule has 2 atom stereocenters. The summed E-state index contributed by atoms with van der Waals surface area (Å²) >= 11 is 12.7. The fraction of sp³-hybridized carbons (Fsp3) is 0.290. The van der Waals surface area contributed by atoms with Crippen molar-refractivity contribution in [1.82, 2.24) is 29.5 Å². The summed E-state index contributed by atoms with van der Waals surface area (Å²) in [5.74, 6) is -0.442. The van der Waals surface area contributed by atoms with Crippen LogP contribution in [0.4, 0.5) is 11.4 Å². The summed E-state index contributed by atoms with van der Waals surface area (Å²) in [5.41, 5.74) is 2.32. The van der Waals surface area contributed by atoms with E-state index in [1.807, 2.05) is 24.3 Å². The average Bonchev–Trinajstić information content (AvgIpc) is 3.82. The lowest BCUT2D eigenvalue weighted by Crippen LogP contribution is -2.46. The zero-order valence-corrected chi connectivity index (χ0v) is 26.0. The van der Waals surface area contributed by atoms with Crippen LogP contribution in [0.25, 0.3) is 5.69 Å². The highest BCUT2D eigenvalue weighted by Crippen LogP contribution is 2.40. The van der Waals surface area contributed by atoms with Crippen molar-refractivity contribution >= 4 is 34.6 Å². The standard InChI is InChI=1S/C31H30Cl2N8O5/c32-21-1-10-27(28(33)15-21)31(18-40-20-34-19-35-40)45-17-26(46-31)16-44-25-8-6-23(7-9-25)39-13-11-38(12-14-39)22-2-4-24(5-3-22)41-29(42)36-37-30(41)43/h1-10,15,19-20,26H,11-14,16-18H2,(H,36,42)(H,37,43)/t26-,31-/m1/s1. The van der Waals surface area contributed by atoms with Gasteiger partial charge >= 0.3 is 11.4 Å². The molecular formula is C31H30Cl2N8O5. The predicted molar refractivity (Wildman–Crippen MR) is 172 cm³/mol. The van der Waals surface area contributed by atoms with Crippen LogP contribution >= 0.6 is 23.2 Å². The maximum atomic E-state index is 11.9. The van der Waals surface area contributed by atoms with E-state index in [0.717, 1.165) is 47.9 Å². The number of anilines is 2. The van der Waals surface area contributed by atoms with Crippen LogP contribution in [0.15, 0.2) is 89.0 Å². The number of nitrogens with one attached hydrogen (secondary N) is 2. The molecule has 2 saturated heterocycles. The molecule has 0 unspecified atom stereocenters. The van der Waals surface area contributed by atoms with E-state index in [1.54, 1.807) is 41.3 Å². The molecule has 2 aromatic heterocycles. The third-order valence-corrected chi connectivity index (χ3v) is 8.66. The highest BCUT2D eigenvalue weighted by Gasteiger charge is 2.45. The third-order valence-electron chi connectivity index (χ3n) is 8.11. The first-order valence-corrected chi connectivity index (χ1v) is 15.5.